The van der Waals surface area contributed by atoms with Crippen LogP contribution in [0.3, 0.4) is 0 Å². The van der Waals surface area contributed by atoms with Crippen LogP contribution < -0.4 is 5.73 Å². The monoisotopic (exact) mass is 314 g/mol. The molecule has 4 nitrogen and oxygen atoms in total. The number of hydrogen-bond acceptors (Lipinski definition) is 4. The van der Waals surface area contributed by atoms with Crippen molar-refractivity contribution >= 4 is 33.1 Å². The fourth-order valence-electron chi connectivity index (χ4n) is 1.89. The van der Waals surface area contributed by atoms with Crippen LogP contribution >= 0.6 is 27.3 Å². The molecule has 0 aliphatic rings. The summed E-state index contributed by atoms with van der Waals surface area (Å²) >= 11 is 5.14. The summed E-state index contributed by atoms with van der Waals surface area (Å²) in [6, 6.07) is 0.0601. The first-order valence-corrected chi connectivity index (χ1v) is 6.96. The highest BCUT2D eigenvalue weighted by molar-refractivity contribution is 9.10. The lowest BCUT2D eigenvalue weighted by atomic mass is 10.2. The molecule has 92 valence electrons. The van der Waals surface area contributed by atoms with E-state index in [0.717, 1.165) is 20.9 Å². The van der Waals surface area contributed by atoms with Gasteiger partial charge in [0.2, 0.25) is 0 Å². The number of hydrogen-bond donors (Lipinski definition) is 1. The summed E-state index contributed by atoms with van der Waals surface area (Å²) in [6.45, 7) is 8.10. The third-order valence-electron chi connectivity index (χ3n) is 2.75. The number of halogens is 1. The van der Waals surface area contributed by atoms with E-state index in [1.165, 1.54) is 4.88 Å². The van der Waals surface area contributed by atoms with Crippen LogP contribution in [-0.4, -0.2) is 14.8 Å². The Morgan fingerprint density at radius 2 is 2.00 bits per heavy atom. The minimum atomic E-state index is 0.0601. The molecule has 0 saturated carbocycles. The molecule has 17 heavy (non-hydrogen) atoms. The number of nitrogens with two attached hydrogens (primary N) is 1. The van der Waals surface area contributed by atoms with Crippen molar-refractivity contribution in [2.24, 2.45) is 0 Å². The van der Waals surface area contributed by atoms with Crippen LogP contribution in [0.4, 0.5) is 5.82 Å². The van der Waals surface area contributed by atoms with Crippen LogP contribution in [0.5, 0.6) is 0 Å². The highest BCUT2D eigenvalue weighted by Crippen LogP contribution is 2.30. The Bertz CT molecular complexity index is 558. The van der Waals surface area contributed by atoms with Gasteiger partial charge in [0, 0.05) is 4.88 Å². The predicted octanol–water partition coefficient (Wildman–Crippen LogP) is 3.22. The molecule has 0 aliphatic carbocycles. The molecule has 2 heterocycles. The number of nitrogen functional groups attached to an aromatic ring is 1. The lowest BCUT2D eigenvalue weighted by molar-refractivity contribution is 0.555. The van der Waals surface area contributed by atoms with E-state index < -0.39 is 0 Å². The van der Waals surface area contributed by atoms with Crippen LogP contribution in [-0.2, 0) is 0 Å². The average molecular weight is 315 g/mol. The first-order valence-electron chi connectivity index (χ1n) is 5.35. The second kappa shape index (κ2) is 4.42. The van der Waals surface area contributed by atoms with E-state index >= 15 is 0 Å². The summed E-state index contributed by atoms with van der Waals surface area (Å²) in [7, 11) is 0. The zero-order chi connectivity index (χ0) is 12.7. The summed E-state index contributed by atoms with van der Waals surface area (Å²) in [5, 5.41) is 5.52. The van der Waals surface area contributed by atoms with E-state index in [1.54, 1.807) is 11.3 Å². The number of nitrogens with zero attached hydrogens (tertiary/aromatic N) is 3. The first-order chi connectivity index (χ1) is 7.91. The maximum absolute atomic E-state index is 6.03. The molecule has 2 N–H and O–H groups in total. The van der Waals surface area contributed by atoms with E-state index in [2.05, 4.69) is 39.9 Å². The maximum atomic E-state index is 6.03. The predicted molar refractivity (Wildman–Crippen MR) is 74.5 cm³/mol. The molecule has 6 heteroatoms. The molecule has 0 amide bonds. The fraction of sp³-hybridized carbons (Fsp3) is 0.455. The third kappa shape index (κ3) is 2.11. The second-order valence-electron chi connectivity index (χ2n) is 4.08. The van der Waals surface area contributed by atoms with Gasteiger partial charge in [-0.05, 0) is 43.6 Å². The van der Waals surface area contributed by atoms with Crippen molar-refractivity contribution in [3.05, 3.63) is 25.7 Å². The molecule has 0 saturated heterocycles. The minimum absolute atomic E-state index is 0.0601. The highest BCUT2D eigenvalue weighted by atomic mass is 79.9. The van der Waals surface area contributed by atoms with E-state index in [9.17, 15) is 0 Å². The van der Waals surface area contributed by atoms with Crippen LogP contribution in [0, 0.1) is 20.8 Å². The van der Waals surface area contributed by atoms with E-state index in [4.69, 9.17) is 5.73 Å². The molecule has 0 aliphatic heterocycles. The van der Waals surface area contributed by atoms with Gasteiger partial charge in [0.1, 0.15) is 5.82 Å². The normalized spacial score (nSPS) is 13.0. The van der Waals surface area contributed by atoms with Crippen molar-refractivity contribution in [3.8, 4) is 0 Å². The zero-order valence-corrected chi connectivity index (χ0v) is 12.7. The van der Waals surface area contributed by atoms with E-state index in [0.29, 0.717) is 5.82 Å². The number of rotatable bonds is 2. The Labute approximate surface area is 113 Å². The fourth-order valence-corrected chi connectivity index (χ4v) is 3.06. The third-order valence-corrected chi connectivity index (χ3v) is 4.63. The Balaban J connectivity index is 2.47. The van der Waals surface area contributed by atoms with Gasteiger partial charge in [-0.3, -0.25) is 0 Å². The maximum Gasteiger partial charge on any atom is 0.137 e. The molecule has 0 spiro atoms. The van der Waals surface area contributed by atoms with Crippen molar-refractivity contribution in [1.82, 2.24) is 14.8 Å². The summed E-state index contributed by atoms with van der Waals surface area (Å²) in [5.74, 6) is 0.653. The number of aromatic nitrogens is 3. The van der Waals surface area contributed by atoms with Gasteiger partial charge in [-0.15, -0.1) is 11.3 Å². The Kier molecular flexibility index (Phi) is 3.27. The SMILES string of the molecule is Cc1nc(C(C)n2nc(C)c(Br)c2N)c(C)s1. The van der Waals surface area contributed by atoms with Gasteiger partial charge < -0.3 is 5.73 Å². The molecule has 1 atom stereocenters. The van der Waals surface area contributed by atoms with Crippen LogP contribution in [0.25, 0.3) is 0 Å². The number of thiazole rings is 1. The first kappa shape index (κ1) is 12.6. The molecule has 0 radical (unpaired) electrons. The van der Waals surface area contributed by atoms with Crippen molar-refractivity contribution in [1.29, 1.82) is 0 Å². The summed E-state index contributed by atoms with van der Waals surface area (Å²) < 4.78 is 2.69. The molecular weight excluding hydrogens is 300 g/mol. The molecule has 2 rings (SSSR count). The largest absolute Gasteiger partial charge is 0.383 e. The van der Waals surface area contributed by atoms with E-state index in [-0.39, 0.29) is 6.04 Å². The van der Waals surface area contributed by atoms with Gasteiger partial charge >= 0.3 is 0 Å². The lowest BCUT2D eigenvalue weighted by Crippen LogP contribution is -2.13. The minimum Gasteiger partial charge on any atom is -0.383 e. The van der Waals surface area contributed by atoms with Gasteiger partial charge in [0.25, 0.3) is 0 Å². The average Bonchev–Trinajstić information content (AvgIpc) is 2.72. The van der Waals surface area contributed by atoms with Gasteiger partial charge in [0.15, 0.2) is 0 Å². The van der Waals surface area contributed by atoms with Crippen molar-refractivity contribution in [2.45, 2.75) is 33.7 Å². The topological polar surface area (TPSA) is 56.7 Å². The smallest absolute Gasteiger partial charge is 0.137 e. The number of anilines is 1. The summed E-state index contributed by atoms with van der Waals surface area (Å²) in [4.78, 5) is 5.77. The summed E-state index contributed by atoms with van der Waals surface area (Å²) in [6.07, 6.45) is 0. The van der Waals surface area contributed by atoms with Crippen molar-refractivity contribution in [2.75, 3.05) is 5.73 Å². The van der Waals surface area contributed by atoms with E-state index in [1.807, 2.05) is 18.5 Å². The summed E-state index contributed by atoms with van der Waals surface area (Å²) in [5.41, 5.74) is 7.98. The van der Waals surface area contributed by atoms with Gasteiger partial charge in [-0.25, -0.2) is 9.67 Å². The Morgan fingerprint density at radius 1 is 1.35 bits per heavy atom. The van der Waals surface area contributed by atoms with Crippen molar-refractivity contribution < 1.29 is 0 Å². The van der Waals surface area contributed by atoms with Gasteiger partial charge in [-0.1, -0.05) is 0 Å². The Hall–Kier alpha value is -0.880. The Morgan fingerprint density at radius 3 is 2.41 bits per heavy atom. The van der Waals surface area contributed by atoms with Gasteiger partial charge in [-0.2, -0.15) is 5.10 Å². The molecular formula is C11H15BrN4S. The van der Waals surface area contributed by atoms with Crippen LogP contribution in [0.1, 0.15) is 34.2 Å². The van der Waals surface area contributed by atoms with Crippen molar-refractivity contribution in [3.63, 3.8) is 0 Å². The second-order valence-corrected chi connectivity index (χ2v) is 6.28. The molecule has 2 aromatic rings. The zero-order valence-electron chi connectivity index (χ0n) is 10.3. The van der Waals surface area contributed by atoms with Gasteiger partial charge in [0.05, 0.1) is 26.9 Å². The van der Waals surface area contributed by atoms with Crippen LogP contribution in [0.2, 0.25) is 0 Å². The van der Waals surface area contributed by atoms with Crippen LogP contribution in [0.15, 0.2) is 4.47 Å². The molecule has 0 bridgehead atoms. The molecule has 2 aromatic heterocycles. The molecule has 0 fully saturated rings. The quantitative estimate of drug-likeness (QED) is 0.926. The number of aryl methyl sites for hydroxylation is 3. The standard InChI is InChI=1S/C11H15BrN4S/c1-5-9(12)11(13)16(15-5)6(2)10-7(3)17-8(4)14-10/h6H,13H2,1-4H3. The highest BCUT2D eigenvalue weighted by Gasteiger charge is 2.20. The molecule has 1 unspecified atom stereocenters. The molecule has 0 aromatic carbocycles. The lowest BCUT2D eigenvalue weighted by Gasteiger charge is -2.12.